The van der Waals surface area contributed by atoms with Crippen LogP contribution in [0.5, 0.6) is 11.5 Å². The van der Waals surface area contributed by atoms with Crippen LogP contribution in [0.15, 0.2) is 54.6 Å². The average molecular weight is 512 g/mol. The number of unbranched alkanes of at least 4 members (excludes halogenated alkanes) is 1. The summed E-state index contributed by atoms with van der Waals surface area (Å²) in [4.78, 5) is 25.9. The van der Waals surface area contributed by atoms with Crippen LogP contribution in [0.4, 0.5) is 4.79 Å². The number of carbonyl (C=O) groups excluding carboxylic acids is 1. The van der Waals surface area contributed by atoms with E-state index in [4.69, 9.17) is 14.2 Å². The molecule has 2 aromatic rings. The number of carbonyl (C=O) groups is 2. The first-order valence-electron chi connectivity index (χ1n) is 13.6. The monoisotopic (exact) mass is 511 g/mol. The predicted molar refractivity (Wildman–Crippen MR) is 143 cm³/mol. The number of carboxylic acids is 1. The number of ether oxygens (including phenoxy) is 3. The maximum atomic E-state index is 12.9. The predicted octanol–water partition coefficient (Wildman–Crippen LogP) is 6.35. The summed E-state index contributed by atoms with van der Waals surface area (Å²) in [5.74, 6) is 1.07. The molecule has 7 heteroatoms. The number of para-hydroxylation sites is 1. The molecule has 1 atom stereocenters. The van der Waals surface area contributed by atoms with E-state index in [-0.39, 0.29) is 6.09 Å². The van der Waals surface area contributed by atoms with E-state index < -0.39 is 12.1 Å². The van der Waals surface area contributed by atoms with E-state index in [1.165, 1.54) is 38.5 Å². The minimum absolute atomic E-state index is 0.295. The van der Waals surface area contributed by atoms with Gasteiger partial charge in [-0.1, -0.05) is 75.3 Å². The molecular weight excluding hydrogens is 470 g/mol. The molecule has 1 N–H and O–H groups in total. The van der Waals surface area contributed by atoms with Crippen LogP contribution in [-0.4, -0.2) is 54.5 Å². The average Bonchev–Trinajstić information content (AvgIpc) is 2.91. The van der Waals surface area contributed by atoms with E-state index in [9.17, 15) is 14.7 Å². The van der Waals surface area contributed by atoms with Crippen LogP contribution in [-0.2, 0) is 16.0 Å². The number of carboxylic acid groups (broad SMARTS) is 1. The highest BCUT2D eigenvalue weighted by atomic mass is 16.6. The summed E-state index contributed by atoms with van der Waals surface area (Å²) >= 11 is 0. The summed E-state index contributed by atoms with van der Waals surface area (Å²) in [7, 11) is 0. The molecule has 0 saturated heterocycles. The summed E-state index contributed by atoms with van der Waals surface area (Å²) in [5.41, 5.74) is 0.860. The molecule has 0 heterocycles. The van der Waals surface area contributed by atoms with Gasteiger partial charge in [-0.2, -0.15) is 0 Å². The van der Waals surface area contributed by atoms with Crippen LogP contribution < -0.4 is 9.47 Å². The first kappa shape index (κ1) is 28.5. The molecule has 3 rings (SSSR count). The first-order chi connectivity index (χ1) is 18.0. The maximum Gasteiger partial charge on any atom is 0.415 e. The molecule has 1 amide bonds. The summed E-state index contributed by atoms with van der Waals surface area (Å²) in [6.07, 6.45) is 9.12. The van der Waals surface area contributed by atoms with E-state index in [0.717, 1.165) is 24.3 Å². The van der Waals surface area contributed by atoms with Gasteiger partial charge in [-0.25, -0.2) is 9.59 Å². The van der Waals surface area contributed by atoms with Crippen molar-refractivity contribution in [1.29, 1.82) is 0 Å². The number of amides is 1. The van der Waals surface area contributed by atoms with Gasteiger partial charge in [0.25, 0.3) is 0 Å². The van der Waals surface area contributed by atoms with Crippen molar-refractivity contribution in [2.45, 2.75) is 70.8 Å². The van der Waals surface area contributed by atoms with Crippen LogP contribution >= 0.6 is 0 Å². The Labute approximate surface area is 220 Å². The number of benzene rings is 2. The molecule has 0 spiro atoms. The van der Waals surface area contributed by atoms with Gasteiger partial charge in [-0.3, -0.25) is 0 Å². The third-order valence-corrected chi connectivity index (χ3v) is 6.84. The second-order valence-electron chi connectivity index (χ2n) is 9.65. The molecule has 37 heavy (non-hydrogen) atoms. The molecule has 0 radical (unpaired) electrons. The van der Waals surface area contributed by atoms with Gasteiger partial charge < -0.3 is 24.2 Å². The highest BCUT2D eigenvalue weighted by Crippen LogP contribution is 2.27. The first-order valence-corrected chi connectivity index (χ1v) is 13.6. The van der Waals surface area contributed by atoms with Gasteiger partial charge in [0.2, 0.25) is 0 Å². The standard InChI is InChI=1S/C30H41NO6/c1-2-35-28(29(32)33)23-25-16-18-26(19-17-25)36-22-21-31(30(34)37-27-14-7-4-8-15-27)20-10-9-13-24-11-5-3-6-12-24/h4,7-8,14-19,24,28H,2-3,5-6,9-13,20-23H2,1H3,(H,32,33). The number of hydrogen-bond donors (Lipinski definition) is 1. The molecule has 7 nitrogen and oxygen atoms in total. The van der Waals surface area contributed by atoms with Gasteiger partial charge in [0.1, 0.15) is 18.1 Å². The Bertz CT molecular complexity index is 927. The second-order valence-corrected chi connectivity index (χ2v) is 9.65. The molecule has 1 saturated carbocycles. The SMILES string of the molecule is CCOC(Cc1ccc(OCCN(CCCCC2CCCCC2)C(=O)Oc2ccccc2)cc1)C(=O)O. The van der Waals surface area contributed by atoms with E-state index in [1.807, 2.05) is 42.5 Å². The van der Waals surface area contributed by atoms with Crippen molar-refractivity contribution in [3.05, 3.63) is 60.2 Å². The third kappa shape index (κ3) is 10.4. The Kier molecular flexibility index (Phi) is 12.3. The fraction of sp³-hybridized carbons (Fsp3) is 0.533. The van der Waals surface area contributed by atoms with Crippen molar-refractivity contribution in [2.75, 3.05) is 26.3 Å². The zero-order valence-electron chi connectivity index (χ0n) is 22.0. The van der Waals surface area contributed by atoms with Crippen LogP contribution in [0.25, 0.3) is 0 Å². The third-order valence-electron chi connectivity index (χ3n) is 6.84. The molecule has 0 aliphatic heterocycles. The highest BCUT2D eigenvalue weighted by molar-refractivity contribution is 5.72. The van der Waals surface area contributed by atoms with E-state index in [2.05, 4.69) is 0 Å². The van der Waals surface area contributed by atoms with Crippen molar-refractivity contribution in [3.8, 4) is 11.5 Å². The molecule has 1 aliphatic rings. The van der Waals surface area contributed by atoms with Crippen LogP contribution in [0.1, 0.15) is 63.9 Å². The molecule has 0 bridgehead atoms. The van der Waals surface area contributed by atoms with Gasteiger partial charge in [-0.15, -0.1) is 0 Å². The number of nitrogens with zero attached hydrogens (tertiary/aromatic N) is 1. The Morgan fingerprint density at radius 1 is 0.946 bits per heavy atom. The summed E-state index contributed by atoms with van der Waals surface area (Å²) in [5, 5.41) is 9.28. The molecule has 1 fully saturated rings. The van der Waals surface area contributed by atoms with Crippen molar-refractivity contribution in [3.63, 3.8) is 0 Å². The van der Waals surface area contributed by atoms with Crippen molar-refractivity contribution >= 4 is 12.1 Å². The van der Waals surface area contributed by atoms with Crippen LogP contribution in [0.2, 0.25) is 0 Å². The normalized spacial score (nSPS) is 14.6. The minimum Gasteiger partial charge on any atom is -0.492 e. The lowest BCUT2D eigenvalue weighted by Gasteiger charge is -2.24. The molecule has 202 valence electrons. The van der Waals surface area contributed by atoms with Crippen molar-refractivity contribution in [1.82, 2.24) is 4.90 Å². The lowest BCUT2D eigenvalue weighted by molar-refractivity contribution is -0.149. The minimum atomic E-state index is -0.969. The number of rotatable bonds is 15. The summed E-state index contributed by atoms with van der Waals surface area (Å²) in [6.45, 7) is 3.52. The van der Waals surface area contributed by atoms with Gasteiger partial charge >= 0.3 is 12.1 Å². The Morgan fingerprint density at radius 2 is 1.68 bits per heavy atom. The van der Waals surface area contributed by atoms with E-state index in [1.54, 1.807) is 24.0 Å². The van der Waals surface area contributed by atoms with Crippen molar-refractivity contribution < 1.29 is 28.9 Å². The second kappa shape index (κ2) is 15.9. The van der Waals surface area contributed by atoms with Gasteiger partial charge in [0.15, 0.2) is 6.10 Å². The lowest BCUT2D eigenvalue weighted by Crippen LogP contribution is -2.37. The molecule has 2 aromatic carbocycles. The summed E-state index contributed by atoms with van der Waals surface area (Å²) in [6, 6.07) is 16.4. The Morgan fingerprint density at radius 3 is 2.35 bits per heavy atom. The van der Waals surface area contributed by atoms with Crippen LogP contribution in [0.3, 0.4) is 0 Å². The fourth-order valence-corrected chi connectivity index (χ4v) is 4.79. The lowest BCUT2D eigenvalue weighted by atomic mass is 9.86. The Hall–Kier alpha value is -3.06. The van der Waals surface area contributed by atoms with Crippen molar-refractivity contribution in [2.24, 2.45) is 5.92 Å². The maximum absolute atomic E-state index is 12.9. The van der Waals surface area contributed by atoms with Gasteiger partial charge in [0.05, 0.1) is 6.54 Å². The molecule has 0 aromatic heterocycles. The quantitative estimate of drug-likeness (QED) is 0.281. The highest BCUT2D eigenvalue weighted by Gasteiger charge is 2.19. The number of aliphatic carboxylic acids is 1. The van der Waals surface area contributed by atoms with E-state index >= 15 is 0 Å². The molecule has 1 aliphatic carbocycles. The van der Waals surface area contributed by atoms with E-state index in [0.29, 0.717) is 44.2 Å². The smallest absolute Gasteiger partial charge is 0.415 e. The Balaban J connectivity index is 1.48. The zero-order valence-corrected chi connectivity index (χ0v) is 22.0. The van der Waals surface area contributed by atoms with Gasteiger partial charge in [0, 0.05) is 19.6 Å². The summed E-state index contributed by atoms with van der Waals surface area (Å²) < 4.78 is 16.8. The topological polar surface area (TPSA) is 85.3 Å². The van der Waals surface area contributed by atoms with Gasteiger partial charge in [-0.05, 0) is 49.1 Å². The largest absolute Gasteiger partial charge is 0.492 e. The fourth-order valence-electron chi connectivity index (χ4n) is 4.79. The zero-order chi connectivity index (χ0) is 26.3. The van der Waals surface area contributed by atoms with Crippen LogP contribution in [0, 0.1) is 5.92 Å². The molecular formula is C30H41NO6. The molecule has 1 unspecified atom stereocenters. The number of hydrogen-bond acceptors (Lipinski definition) is 5.